The van der Waals surface area contributed by atoms with Crippen LogP contribution in [0.15, 0.2) is 90.0 Å². The SMILES string of the molecule is CN(Cc1ccc(C(=O)N[C@@H](CC(=O)O)C(=O)CSCc2ccccc2Cl)s1)Cc1cccn1S(=O)(=O)c1ccccc1. The fourth-order valence-corrected chi connectivity index (χ4v) is 7.91. The fourth-order valence-electron chi connectivity index (χ4n) is 4.27. The Bertz CT molecular complexity index is 1690. The monoisotopic (exact) mass is 659 g/mol. The molecule has 0 unspecified atom stereocenters. The second-order valence-corrected chi connectivity index (χ2v) is 14.1. The first kappa shape index (κ1) is 32.5. The maximum atomic E-state index is 13.1. The molecule has 0 saturated carbocycles. The first-order valence-corrected chi connectivity index (χ1v) is 16.9. The van der Waals surface area contributed by atoms with E-state index in [4.69, 9.17) is 11.6 Å². The molecule has 43 heavy (non-hydrogen) atoms. The third-order valence-electron chi connectivity index (χ3n) is 6.37. The Morgan fingerprint density at radius 2 is 1.72 bits per heavy atom. The highest BCUT2D eigenvalue weighted by molar-refractivity contribution is 7.99. The number of benzene rings is 2. The molecule has 1 atom stereocenters. The van der Waals surface area contributed by atoms with Gasteiger partial charge < -0.3 is 10.4 Å². The number of halogens is 1. The smallest absolute Gasteiger partial charge is 0.305 e. The maximum Gasteiger partial charge on any atom is 0.305 e. The van der Waals surface area contributed by atoms with E-state index in [9.17, 15) is 27.9 Å². The van der Waals surface area contributed by atoms with Crippen LogP contribution in [0.3, 0.4) is 0 Å². The molecule has 0 spiro atoms. The number of carbonyl (C=O) groups is 3. The van der Waals surface area contributed by atoms with Crippen LogP contribution in [0.5, 0.6) is 0 Å². The van der Waals surface area contributed by atoms with Crippen LogP contribution in [0.1, 0.15) is 32.2 Å². The van der Waals surface area contributed by atoms with Gasteiger partial charge in [-0.1, -0.05) is 48.0 Å². The number of thioether (sulfide) groups is 1. The summed E-state index contributed by atoms with van der Waals surface area (Å²) in [5.41, 5.74) is 1.45. The second kappa shape index (κ2) is 14.8. The number of carbonyl (C=O) groups excluding carboxylic acids is 2. The number of amides is 1. The van der Waals surface area contributed by atoms with E-state index < -0.39 is 40.1 Å². The Kier molecular flexibility index (Phi) is 11.2. The lowest BCUT2D eigenvalue weighted by atomic mass is 10.1. The highest BCUT2D eigenvalue weighted by Crippen LogP contribution is 2.23. The zero-order valence-corrected chi connectivity index (χ0v) is 26.4. The number of hydrogen-bond acceptors (Lipinski definition) is 8. The number of hydrogen-bond donors (Lipinski definition) is 2. The summed E-state index contributed by atoms with van der Waals surface area (Å²) in [5.74, 6) is -1.62. The zero-order valence-electron chi connectivity index (χ0n) is 23.2. The highest BCUT2D eigenvalue weighted by atomic mass is 35.5. The Labute approximate surface area is 263 Å². The van der Waals surface area contributed by atoms with Crippen molar-refractivity contribution in [2.45, 2.75) is 36.2 Å². The Hall–Kier alpha value is -3.42. The highest BCUT2D eigenvalue weighted by Gasteiger charge is 2.25. The van der Waals surface area contributed by atoms with Crippen molar-refractivity contribution in [1.29, 1.82) is 0 Å². The first-order valence-electron chi connectivity index (χ1n) is 13.1. The molecular formula is C30H30ClN3O6S3. The standard InChI is InChI=1S/C30H30ClN3O6S3/c1-33(17-22-9-7-15-34(22)43(39,40)24-10-3-2-4-11-24)18-23-13-14-28(42-23)30(38)32-26(16-29(36)37)27(35)20-41-19-21-8-5-6-12-25(21)31/h2-15,26H,16-20H2,1H3,(H,32,38)(H,36,37)/t26-/m0/s1. The third kappa shape index (κ3) is 8.80. The van der Waals surface area contributed by atoms with E-state index in [1.807, 2.05) is 30.1 Å². The van der Waals surface area contributed by atoms with Crippen molar-refractivity contribution in [3.05, 3.63) is 111 Å². The van der Waals surface area contributed by atoms with Crippen LogP contribution in [-0.4, -0.2) is 58.9 Å². The number of ketones is 1. The van der Waals surface area contributed by atoms with Crippen molar-refractivity contribution in [1.82, 2.24) is 14.2 Å². The van der Waals surface area contributed by atoms with Crippen molar-refractivity contribution in [2.24, 2.45) is 0 Å². The van der Waals surface area contributed by atoms with Gasteiger partial charge in [-0.05, 0) is 55.1 Å². The molecule has 4 rings (SSSR count). The molecule has 0 aliphatic carbocycles. The van der Waals surface area contributed by atoms with E-state index in [0.717, 1.165) is 10.4 Å². The summed E-state index contributed by atoms with van der Waals surface area (Å²) >= 11 is 8.68. The molecule has 2 aromatic carbocycles. The van der Waals surface area contributed by atoms with Gasteiger partial charge in [0.15, 0.2) is 5.78 Å². The van der Waals surface area contributed by atoms with Gasteiger partial charge in [0.05, 0.1) is 28.0 Å². The summed E-state index contributed by atoms with van der Waals surface area (Å²) in [4.78, 5) is 40.5. The average Bonchev–Trinajstić information content (AvgIpc) is 3.64. The molecule has 2 aromatic heterocycles. The Balaban J connectivity index is 1.34. The van der Waals surface area contributed by atoms with Crippen LogP contribution < -0.4 is 5.32 Å². The van der Waals surface area contributed by atoms with Crippen molar-refractivity contribution >= 4 is 62.4 Å². The molecule has 226 valence electrons. The van der Waals surface area contributed by atoms with Crippen LogP contribution in [0.4, 0.5) is 0 Å². The molecule has 1 amide bonds. The molecule has 2 N–H and O–H groups in total. The summed E-state index contributed by atoms with van der Waals surface area (Å²) in [7, 11) is -1.90. The minimum atomic E-state index is -3.74. The predicted octanol–water partition coefficient (Wildman–Crippen LogP) is 5.15. The van der Waals surface area contributed by atoms with Gasteiger partial charge in [-0.25, -0.2) is 12.4 Å². The predicted molar refractivity (Wildman–Crippen MR) is 169 cm³/mol. The number of nitrogens with zero attached hydrogens (tertiary/aromatic N) is 2. The molecular weight excluding hydrogens is 630 g/mol. The number of carboxylic acids is 1. The van der Waals surface area contributed by atoms with E-state index in [0.29, 0.717) is 34.4 Å². The summed E-state index contributed by atoms with van der Waals surface area (Å²) in [6.45, 7) is 0.768. The van der Waals surface area contributed by atoms with E-state index in [-0.39, 0.29) is 10.6 Å². The molecule has 0 radical (unpaired) electrons. The first-order chi connectivity index (χ1) is 20.5. The largest absolute Gasteiger partial charge is 0.481 e. The van der Waals surface area contributed by atoms with Crippen LogP contribution >= 0.6 is 34.7 Å². The third-order valence-corrected chi connectivity index (χ3v) is 10.6. The van der Waals surface area contributed by atoms with Gasteiger partial charge in [-0.15, -0.1) is 23.1 Å². The molecule has 2 heterocycles. The molecule has 0 aliphatic rings. The van der Waals surface area contributed by atoms with Gasteiger partial charge in [0.1, 0.15) is 0 Å². The molecule has 9 nitrogen and oxygen atoms in total. The van der Waals surface area contributed by atoms with E-state index in [1.54, 1.807) is 60.7 Å². The van der Waals surface area contributed by atoms with Gasteiger partial charge in [-0.3, -0.25) is 19.3 Å². The van der Waals surface area contributed by atoms with Gasteiger partial charge >= 0.3 is 5.97 Å². The van der Waals surface area contributed by atoms with E-state index >= 15 is 0 Å². The van der Waals surface area contributed by atoms with Crippen LogP contribution in [0, 0.1) is 0 Å². The number of rotatable bonds is 15. The minimum Gasteiger partial charge on any atom is -0.481 e. The molecule has 4 aromatic rings. The normalized spacial score (nSPS) is 12.3. The molecule has 0 bridgehead atoms. The van der Waals surface area contributed by atoms with Crippen LogP contribution in [0.2, 0.25) is 5.02 Å². The summed E-state index contributed by atoms with van der Waals surface area (Å²) in [6.07, 6.45) is 0.993. The van der Waals surface area contributed by atoms with Gasteiger partial charge in [0.25, 0.3) is 15.9 Å². The number of nitrogens with one attached hydrogen (secondary N) is 1. The molecule has 0 saturated heterocycles. The lowest BCUT2D eigenvalue weighted by Crippen LogP contribution is -2.43. The number of aromatic nitrogens is 1. The Morgan fingerprint density at radius 3 is 2.44 bits per heavy atom. The summed E-state index contributed by atoms with van der Waals surface area (Å²) in [6, 6.07) is 21.1. The van der Waals surface area contributed by atoms with Crippen LogP contribution in [-0.2, 0) is 38.5 Å². The van der Waals surface area contributed by atoms with Crippen molar-refractivity contribution in [3.8, 4) is 0 Å². The number of thiophene rings is 1. The summed E-state index contributed by atoms with van der Waals surface area (Å²) < 4.78 is 27.5. The topological polar surface area (TPSA) is 126 Å². The molecule has 13 heteroatoms. The second-order valence-electron chi connectivity index (χ2n) is 9.73. The number of aliphatic carboxylic acids is 1. The van der Waals surface area contributed by atoms with Gasteiger partial charge in [0, 0.05) is 40.6 Å². The lowest BCUT2D eigenvalue weighted by Gasteiger charge is -2.18. The van der Waals surface area contributed by atoms with Crippen molar-refractivity contribution in [3.63, 3.8) is 0 Å². The molecule has 0 fully saturated rings. The van der Waals surface area contributed by atoms with Crippen LogP contribution in [0.25, 0.3) is 0 Å². The van der Waals surface area contributed by atoms with Crippen molar-refractivity contribution < 1.29 is 27.9 Å². The number of carboxylic acid groups (broad SMARTS) is 1. The average molecular weight is 660 g/mol. The fraction of sp³-hybridized carbons (Fsp3) is 0.233. The van der Waals surface area contributed by atoms with E-state index in [2.05, 4.69) is 5.32 Å². The quantitative estimate of drug-likeness (QED) is 0.180. The van der Waals surface area contributed by atoms with Gasteiger partial charge in [-0.2, -0.15) is 0 Å². The zero-order chi connectivity index (χ0) is 31.0. The lowest BCUT2D eigenvalue weighted by molar-refractivity contribution is -0.139. The summed E-state index contributed by atoms with van der Waals surface area (Å²) in [5, 5.41) is 12.5. The van der Waals surface area contributed by atoms with Gasteiger partial charge in [0.2, 0.25) is 0 Å². The Morgan fingerprint density at radius 1 is 1.00 bits per heavy atom. The minimum absolute atomic E-state index is 0.0195. The maximum absolute atomic E-state index is 13.1. The van der Waals surface area contributed by atoms with E-state index in [1.165, 1.54) is 33.3 Å². The van der Waals surface area contributed by atoms with Crippen molar-refractivity contribution in [2.75, 3.05) is 12.8 Å². The molecule has 0 aliphatic heterocycles. The number of Topliss-reactive ketones (excluding diaryl/α,β-unsaturated/α-hetero) is 1.